The molecule has 0 unspecified atom stereocenters. The molecule has 0 N–H and O–H groups in total. The van der Waals surface area contributed by atoms with Crippen LogP contribution in [0.1, 0.15) is 31.6 Å². The normalized spacial score (nSPS) is 25.6. The van der Waals surface area contributed by atoms with E-state index in [0.29, 0.717) is 24.5 Å². The summed E-state index contributed by atoms with van der Waals surface area (Å²) in [6.45, 7) is 2.43. The number of phosphoric acid groups is 1. The van der Waals surface area contributed by atoms with E-state index < -0.39 is 20.2 Å². The van der Waals surface area contributed by atoms with Gasteiger partial charge in [0.05, 0.1) is 6.61 Å². The predicted molar refractivity (Wildman–Crippen MR) is 134 cm³/mol. The van der Waals surface area contributed by atoms with Crippen LogP contribution in [-0.4, -0.2) is 18.8 Å². The van der Waals surface area contributed by atoms with E-state index in [-0.39, 0.29) is 18.0 Å². The zero-order valence-corrected chi connectivity index (χ0v) is 20.9. The lowest BCUT2D eigenvalue weighted by Crippen LogP contribution is -2.43. The Kier molecular flexibility index (Phi) is 7.61. The molecular weight excluding hydrogens is 479 g/mol. The van der Waals surface area contributed by atoms with Gasteiger partial charge in [0.25, 0.3) is 5.95 Å². The standard InChI is InChI=1S/C28H29O7P/c1-21-17-18-27(31-26-20-30-28(32-25(26)19-21)22-11-5-2-6-12-22)35-36(29,33-23-13-7-3-8-14-23)34-24-15-9-4-10-16-24/h2-16,18,21,25-26,28H,17,19-20H2,1H3/b27-18+/t21-,25-,26+,28-/m0/s1. The lowest BCUT2D eigenvalue weighted by molar-refractivity contribution is -0.268. The van der Waals surface area contributed by atoms with Crippen molar-refractivity contribution in [1.82, 2.24) is 0 Å². The average molecular weight is 509 g/mol. The van der Waals surface area contributed by atoms with Gasteiger partial charge in [0.2, 0.25) is 0 Å². The Morgan fingerprint density at radius 1 is 0.778 bits per heavy atom. The van der Waals surface area contributed by atoms with Crippen molar-refractivity contribution in [2.75, 3.05) is 6.61 Å². The highest BCUT2D eigenvalue weighted by Gasteiger charge is 2.40. The Labute approximate surface area is 211 Å². The fourth-order valence-corrected chi connectivity index (χ4v) is 5.32. The fourth-order valence-electron chi connectivity index (χ4n) is 4.11. The molecule has 0 spiro atoms. The number of benzene rings is 3. The number of allylic oxidation sites excluding steroid dienone is 1. The molecule has 3 aromatic carbocycles. The van der Waals surface area contributed by atoms with E-state index in [1.54, 1.807) is 54.6 Å². The summed E-state index contributed by atoms with van der Waals surface area (Å²) in [5, 5.41) is 0. The molecule has 0 radical (unpaired) electrons. The van der Waals surface area contributed by atoms with Crippen molar-refractivity contribution in [2.24, 2.45) is 5.92 Å². The predicted octanol–water partition coefficient (Wildman–Crippen LogP) is 7.04. The maximum absolute atomic E-state index is 13.8. The van der Waals surface area contributed by atoms with Crippen molar-refractivity contribution in [1.29, 1.82) is 0 Å². The fraction of sp³-hybridized carbons (Fsp3) is 0.286. The van der Waals surface area contributed by atoms with Gasteiger partial charge in [0, 0.05) is 5.56 Å². The van der Waals surface area contributed by atoms with Gasteiger partial charge in [0.1, 0.15) is 17.6 Å². The summed E-state index contributed by atoms with van der Waals surface area (Å²) in [6, 6.07) is 27.3. The van der Waals surface area contributed by atoms with Gasteiger partial charge in [0.15, 0.2) is 12.4 Å². The molecule has 3 aromatic rings. The zero-order valence-electron chi connectivity index (χ0n) is 20.0. The highest BCUT2D eigenvalue weighted by atomic mass is 31.2. The minimum Gasteiger partial charge on any atom is -0.457 e. The van der Waals surface area contributed by atoms with Crippen LogP contribution in [0.5, 0.6) is 11.5 Å². The second kappa shape index (κ2) is 11.2. The van der Waals surface area contributed by atoms with Crippen LogP contribution >= 0.6 is 7.82 Å². The molecule has 0 aliphatic carbocycles. The number of rotatable bonds is 7. The highest BCUT2D eigenvalue weighted by Crippen LogP contribution is 2.52. The van der Waals surface area contributed by atoms with Gasteiger partial charge >= 0.3 is 7.82 Å². The second-order valence-corrected chi connectivity index (χ2v) is 10.3. The van der Waals surface area contributed by atoms with E-state index in [9.17, 15) is 4.57 Å². The molecule has 188 valence electrons. The molecule has 4 atom stereocenters. The van der Waals surface area contributed by atoms with Gasteiger partial charge in [-0.25, -0.2) is 0 Å². The third kappa shape index (κ3) is 6.30. The summed E-state index contributed by atoms with van der Waals surface area (Å²) in [6.07, 6.45) is 2.08. The van der Waals surface area contributed by atoms with E-state index in [1.807, 2.05) is 42.5 Å². The van der Waals surface area contributed by atoms with E-state index in [2.05, 4.69) is 6.92 Å². The monoisotopic (exact) mass is 508 g/mol. The topological polar surface area (TPSA) is 72.5 Å². The van der Waals surface area contributed by atoms with Gasteiger partial charge in [-0.1, -0.05) is 73.7 Å². The number of ether oxygens (including phenoxy) is 3. The number of fused-ring (bicyclic) bond motifs is 1. The van der Waals surface area contributed by atoms with Crippen molar-refractivity contribution in [3.8, 4) is 11.5 Å². The molecular formula is C28H29O7P. The van der Waals surface area contributed by atoms with Gasteiger partial charge in [-0.15, -0.1) is 0 Å². The number of hydrogen-bond donors (Lipinski definition) is 0. The summed E-state index contributed by atoms with van der Waals surface area (Å²) < 4.78 is 49.6. The number of para-hydroxylation sites is 2. The van der Waals surface area contributed by atoms with E-state index in [0.717, 1.165) is 12.0 Å². The summed E-state index contributed by atoms with van der Waals surface area (Å²) in [7, 11) is -4.17. The smallest absolute Gasteiger partial charge is 0.457 e. The van der Waals surface area contributed by atoms with Crippen LogP contribution in [0.2, 0.25) is 0 Å². The SMILES string of the molecule is C[C@H]1C/C=C(/OP(=O)(Oc2ccccc2)Oc2ccccc2)O[C@@H]2CO[C@H](c3ccccc3)O[C@H]2C1. The second-order valence-electron chi connectivity index (χ2n) is 8.85. The van der Waals surface area contributed by atoms with E-state index >= 15 is 0 Å². The molecule has 0 aromatic heterocycles. The number of phosphoric ester groups is 1. The van der Waals surface area contributed by atoms with Gasteiger partial charge in [-0.2, -0.15) is 4.57 Å². The minimum absolute atomic E-state index is 0.0668. The molecule has 5 rings (SSSR count). The first-order valence-corrected chi connectivity index (χ1v) is 13.5. The van der Waals surface area contributed by atoms with Crippen molar-refractivity contribution in [3.05, 3.63) is 109 Å². The molecule has 0 saturated carbocycles. The minimum atomic E-state index is -4.17. The zero-order chi connectivity index (χ0) is 24.8. The summed E-state index contributed by atoms with van der Waals surface area (Å²) in [5.74, 6) is 1.05. The van der Waals surface area contributed by atoms with Crippen LogP contribution in [0.25, 0.3) is 0 Å². The van der Waals surface area contributed by atoms with E-state index in [4.69, 9.17) is 27.8 Å². The summed E-state index contributed by atoms with van der Waals surface area (Å²) in [4.78, 5) is 0. The molecule has 1 saturated heterocycles. The Balaban J connectivity index is 1.35. The van der Waals surface area contributed by atoms with Crippen molar-refractivity contribution < 1.29 is 32.3 Å². The lowest BCUT2D eigenvalue weighted by atomic mass is 9.95. The van der Waals surface area contributed by atoms with Crippen molar-refractivity contribution >= 4 is 7.82 Å². The first-order chi connectivity index (χ1) is 17.6. The Hall–Kier alpha value is -3.25. The molecule has 2 aliphatic rings. The Morgan fingerprint density at radius 3 is 1.97 bits per heavy atom. The quantitative estimate of drug-likeness (QED) is 0.317. The van der Waals surface area contributed by atoms with Crippen molar-refractivity contribution in [2.45, 2.75) is 38.3 Å². The van der Waals surface area contributed by atoms with Gasteiger partial charge < -0.3 is 27.8 Å². The molecule has 1 fully saturated rings. The first kappa shape index (κ1) is 24.4. The van der Waals surface area contributed by atoms with Crippen LogP contribution in [0.3, 0.4) is 0 Å². The van der Waals surface area contributed by atoms with Gasteiger partial charge in [-0.3, -0.25) is 0 Å². The van der Waals surface area contributed by atoms with Gasteiger partial charge in [-0.05, 0) is 49.1 Å². The summed E-state index contributed by atoms with van der Waals surface area (Å²) in [5.41, 5.74) is 0.953. The molecule has 8 heteroatoms. The molecule has 2 heterocycles. The van der Waals surface area contributed by atoms with Crippen molar-refractivity contribution in [3.63, 3.8) is 0 Å². The maximum atomic E-state index is 13.8. The van der Waals surface area contributed by atoms with Crippen LogP contribution in [0.15, 0.2) is 103 Å². The van der Waals surface area contributed by atoms with Crippen LogP contribution in [0, 0.1) is 5.92 Å². The maximum Gasteiger partial charge on any atom is 0.649 e. The van der Waals surface area contributed by atoms with Crippen LogP contribution in [-0.2, 0) is 23.3 Å². The van der Waals surface area contributed by atoms with Crippen LogP contribution < -0.4 is 9.05 Å². The Morgan fingerprint density at radius 2 is 1.36 bits per heavy atom. The van der Waals surface area contributed by atoms with E-state index in [1.165, 1.54) is 0 Å². The average Bonchev–Trinajstić information content (AvgIpc) is 2.89. The molecule has 7 nitrogen and oxygen atoms in total. The Bertz CT molecular complexity index is 1140. The molecule has 0 amide bonds. The molecule has 2 aliphatic heterocycles. The third-order valence-corrected chi connectivity index (χ3v) is 7.18. The molecule has 0 bridgehead atoms. The summed E-state index contributed by atoms with van der Waals surface area (Å²) >= 11 is 0. The number of hydrogen-bond acceptors (Lipinski definition) is 7. The molecule has 36 heavy (non-hydrogen) atoms. The first-order valence-electron chi connectivity index (χ1n) is 12.0. The lowest BCUT2D eigenvalue weighted by Gasteiger charge is -2.39. The highest BCUT2D eigenvalue weighted by molar-refractivity contribution is 7.49. The third-order valence-electron chi connectivity index (χ3n) is 5.91. The largest absolute Gasteiger partial charge is 0.649 e. The van der Waals surface area contributed by atoms with Crippen LogP contribution in [0.4, 0.5) is 0 Å².